The Hall–Kier alpha value is -3.64. The summed E-state index contributed by atoms with van der Waals surface area (Å²) < 4.78 is 4.66. The van der Waals surface area contributed by atoms with Gasteiger partial charge in [-0.25, -0.2) is 4.79 Å². The number of carbonyl (C=O) groups is 2. The standard InChI is InChI=1S/C24H18N2O3S/c1-29-24(28)17-13-14-20(25-15-17)23(27)26-19-11-5-7-16-8-6-12-21(22(16)19)30-18-9-3-2-4-10-18/h2-15H,1H3,(H,26,27). The van der Waals surface area contributed by atoms with Crippen molar-refractivity contribution in [2.24, 2.45) is 0 Å². The molecule has 0 aliphatic rings. The van der Waals surface area contributed by atoms with Crippen LogP contribution in [0.25, 0.3) is 10.8 Å². The number of fused-ring (bicyclic) bond motifs is 1. The third kappa shape index (κ3) is 4.18. The lowest BCUT2D eigenvalue weighted by Gasteiger charge is -2.12. The summed E-state index contributed by atoms with van der Waals surface area (Å²) in [7, 11) is 1.30. The molecule has 4 rings (SSSR count). The summed E-state index contributed by atoms with van der Waals surface area (Å²) in [6.07, 6.45) is 1.33. The third-order valence-electron chi connectivity index (χ3n) is 4.50. The Morgan fingerprint density at radius 3 is 2.37 bits per heavy atom. The van der Waals surface area contributed by atoms with Gasteiger partial charge in [-0.2, -0.15) is 0 Å². The Kier molecular flexibility index (Phi) is 5.77. The van der Waals surface area contributed by atoms with E-state index in [4.69, 9.17) is 0 Å². The normalized spacial score (nSPS) is 10.6. The Morgan fingerprint density at radius 1 is 0.900 bits per heavy atom. The molecular weight excluding hydrogens is 396 g/mol. The van der Waals surface area contributed by atoms with Crippen molar-refractivity contribution in [2.75, 3.05) is 12.4 Å². The van der Waals surface area contributed by atoms with E-state index in [1.165, 1.54) is 25.4 Å². The largest absolute Gasteiger partial charge is 0.465 e. The van der Waals surface area contributed by atoms with E-state index in [1.807, 2.05) is 54.6 Å². The van der Waals surface area contributed by atoms with Crippen LogP contribution >= 0.6 is 11.8 Å². The number of esters is 1. The number of methoxy groups -OCH3 is 1. The molecule has 0 fully saturated rings. The summed E-state index contributed by atoms with van der Waals surface area (Å²) in [6.45, 7) is 0. The first-order valence-corrected chi connectivity index (χ1v) is 10.1. The van der Waals surface area contributed by atoms with Crippen LogP contribution in [-0.4, -0.2) is 24.0 Å². The molecule has 5 nitrogen and oxygen atoms in total. The van der Waals surface area contributed by atoms with E-state index in [0.29, 0.717) is 11.3 Å². The van der Waals surface area contributed by atoms with Crippen molar-refractivity contribution in [3.05, 3.63) is 96.3 Å². The number of hydrogen-bond donors (Lipinski definition) is 1. The zero-order chi connectivity index (χ0) is 20.9. The summed E-state index contributed by atoms with van der Waals surface area (Å²) in [5.41, 5.74) is 1.21. The summed E-state index contributed by atoms with van der Waals surface area (Å²) in [5.74, 6) is -0.843. The highest BCUT2D eigenvalue weighted by atomic mass is 32.2. The number of carbonyl (C=O) groups excluding carboxylic acids is 2. The SMILES string of the molecule is COC(=O)c1ccc(C(=O)Nc2cccc3cccc(Sc4ccccc4)c23)nc1. The number of pyridine rings is 1. The van der Waals surface area contributed by atoms with Gasteiger partial charge in [0.2, 0.25) is 0 Å². The Morgan fingerprint density at radius 2 is 1.67 bits per heavy atom. The molecule has 0 saturated carbocycles. The smallest absolute Gasteiger partial charge is 0.339 e. The van der Waals surface area contributed by atoms with E-state index < -0.39 is 5.97 Å². The molecule has 148 valence electrons. The Labute approximate surface area is 178 Å². The molecule has 4 aromatic rings. The van der Waals surface area contributed by atoms with Gasteiger partial charge >= 0.3 is 5.97 Å². The van der Waals surface area contributed by atoms with Crippen molar-refractivity contribution in [3.63, 3.8) is 0 Å². The number of anilines is 1. The molecule has 0 aliphatic carbocycles. The van der Waals surface area contributed by atoms with Gasteiger partial charge in [-0.15, -0.1) is 0 Å². The van der Waals surface area contributed by atoms with E-state index in [1.54, 1.807) is 11.8 Å². The van der Waals surface area contributed by atoms with E-state index in [9.17, 15) is 9.59 Å². The molecule has 1 heterocycles. The fraction of sp³-hybridized carbons (Fsp3) is 0.0417. The fourth-order valence-electron chi connectivity index (χ4n) is 3.06. The molecule has 0 spiro atoms. The van der Waals surface area contributed by atoms with Gasteiger partial charge in [0.05, 0.1) is 18.4 Å². The molecule has 0 atom stereocenters. The molecule has 0 bridgehead atoms. The van der Waals surface area contributed by atoms with Crippen LogP contribution in [0.4, 0.5) is 5.69 Å². The molecular formula is C24H18N2O3S. The van der Waals surface area contributed by atoms with Crippen molar-refractivity contribution in [2.45, 2.75) is 9.79 Å². The molecule has 0 radical (unpaired) electrons. The predicted molar refractivity (Wildman–Crippen MR) is 118 cm³/mol. The van der Waals surface area contributed by atoms with Crippen LogP contribution in [0, 0.1) is 0 Å². The van der Waals surface area contributed by atoms with E-state index in [0.717, 1.165) is 20.6 Å². The van der Waals surface area contributed by atoms with Crippen LogP contribution in [0.3, 0.4) is 0 Å². The third-order valence-corrected chi connectivity index (χ3v) is 5.57. The average molecular weight is 414 g/mol. The quantitative estimate of drug-likeness (QED) is 0.441. The highest BCUT2D eigenvalue weighted by molar-refractivity contribution is 7.99. The van der Waals surface area contributed by atoms with Gasteiger partial charge in [-0.3, -0.25) is 9.78 Å². The summed E-state index contributed by atoms with van der Waals surface area (Å²) in [5, 5.41) is 4.96. The molecule has 3 aromatic carbocycles. The zero-order valence-electron chi connectivity index (χ0n) is 16.2. The van der Waals surface area contributed by atoms with Gasteiger partial charge in [-0.05, 0) is 41.8 Å². The fourth-order valence-corrected chi connectivity index (χ4v) is 4.09. The number of aromatic nitrogens is 1. The molecule has 0 unspecified atom stereocenters. The van der Waals surface area contributed by atoms with Gasteiger partial charge in [0.1, 0.15) is 5.69 Å². The summed E-state index contributed by atoms with van der Waals surface area (Å²) in [4.78, 5) is 30.6. The Bertz CT molecular complexity index is 1200. The number of nitrogens with zero attached hydrogens (tertiary/aromatic N) is 1. The van der Waals surface area contributed by atoms with Gasteiger partial charge in [0, 0.05) is 21.4 Å². The molecule has 1 N–H and O–H groups in total. The van der Waals surface area contributed by atoms with Crippen LogP contribution in [0.1, 0.15) is 20.8 Å². The number of nitrogens with one attached hydrogen (secondary N) is 1. The van der Waals surface area contributed by atoms with E-state index >= 15 is 0 Å². The van der Waals surface area contributed by atoms with Crippen molar-refractivity contribution in [1.82, 2.24) is 4.98 Å². The maximum Gasteiger partial charge on any atom is 0.339 e. The van der Waals surface area contributed by atoms with Gasteiger partial charge in [0.15, 0.2) is 0 Å². The van der Waals surface area contributed by atoms with Crippen molar-refractivity contribution in [3.8, 4) is 0 Å². The van der Waals surface area contributed by atoms with Crippen LogP contribution in [0.2, 0.25) is 0 Å². The number of benzene rings is 3. The van der Waals surface area contributed by atoms with Crippen LogP contribution < -0.4 is 5.32 Å². The van der Waals surface area contributed by atoms with Gasteiger partial charge < -0.3 is 10.1 Å². The van der Waals surface area contributed by atoms with Crippen molar-refractivity contribution < 1.29 is 14.3 Å². The Balaban J connectivity index is 1.65. The zero-order valence-corrected chi connectivity index (χ0v) is 17.0. The van der Waals surface area contributed by atoms with Crippen LogP contribution in [-0.2, 0) is 4.74 Å². The maximum absolute atomic E-state index is 12.8. The summed E-state index contributed by atoms with van der Waals surface area (Å²) >= 11 is 1.64. The molecule has 30 heavy (non-hydrogen) atoms. The first-order chi connectivity index (χ1) is 14.7. The maximum atomic E-state index is 12.8. The first kappa shape index (κ1) is 19.7. The second-order valence-corrected chi connectivity index (χ2v) is 7.57. The second-order valence-electron chi connectivity index (χ2n) is 6.45. The van der Waals surface area contributed by atoms with Crippen LogP contribution in [0.15, 0.2) is 94.9 Å². The number of hydrogen-bond acceptors (Lipinski definition) is 5. The minimum Gasteiger partial charge on any atom is -0.465 e. The summed E-state index contributed by atoms with van der Waals surface area (Å²) in [6, 6.07) is 25.0. The van der Waals surface area contributed by atoms with E-state index in [-0.39, 0.29) is 11.6 Å². The molecule has 1 amide bonds. The predicted octanol–water partition coefficient (Wildman–Crippen LogP) is 5.42. The number of rotatable bonds is 5. The van der Waals surface area contributed by atoms with Crippen molar-refractivity contribution in [1.29, 1.82) is 0 Å². The van der Waals surface area contributed by atoms with E-state index in [2.05, 4.69) is 27.2 Å². The highest BCUT2D eigenvalue weighted by Crippen LogP contribution is 2.37. The van der Waals surface area contributed by atoms with Gasteiger partial charge in [0.25, 0.3) is 5.91 Å². The lowest BCUT2D eigenvalue weighted by atomic mass is 10.1. The lowest BCUT2D eigenvalue weighted by Crippen LogP contribution is -2.14. The molecule has 0 saturated heterocycles. The first-order valence-electron chi connectivity index (χ1n) is 9.26. The van der Waals surface area contributed by atoms with Gasteiger partial charge in [-0.1, -0.05) is 54.2 Å². The average Bonchev–Trinajstić information content (AvgIpc) is 2.79. The number of amides is 1. The lowest BCUT2D eigenvalue weighted by molar-refractivity contribution is 0.0600. The number of ether oxygens (including phenoxy) is 1. The minimum absolute atomic E-state index is 0.216. The highest BCUT2D eigenvalue weighted by Gasteiger charge is 2.14. The molecule has 6 heteroatoms. The second kappa shape index (κ2) is 8.80. The molecule has 1 aromatic heterocycles. The van der Waals surface area contributed by atoms with Crippen molar-refractivity contribution >= 4 is 40.1 Å². The monoisotopic (exact) mass is 414 g/mol. The molecule has 0 aliphatic heterocycles. The minimum atomic E-state index is -0.494. The topological polar surface area (TPSA) is 68.3 Å². The van der Waals surface area contributed by atoms with Crippen LogP contribution in [0.5, 0.6) is 0 Å².